The van der Waals surface area contributed by atoms with Crippen LogP contribution in [0.15, 0.2) is 243 Å². The van der Waals surface area contributed by atoms with E-state index >= 15 is 0 Å². The minimum atomic E-state index is -0.254. The maximum Gasteiger partial charge on any atom is 0.0713 e. The van der Waals surface area contributed by atoms with E-state index in [0.717, 1.165) is 6.42 Å². The van der Waals surface area contributed by atoms with E-state index in [0.29, 0.717) is 0 Å². The molecule has 346 valence electrons. The quantitative estimate of drug-likeness (QED) is 0.165. The lowest BCUT2D eigenvalue weighted by Crippen LogP contribution is -2.28. The highest BCUT2D eigenvalue weighted by atomic mass is 14.5. The third-order valence-electron chi connectivity index (χ3n) is 8.79. The molecule has 0 amide bonds. The molecule has 1 aliphatic carbocycles. The van der Waals surface area contributed by atoms with Crippen molar-refractivity contribution in [3.05, 3.63) is 276 Å². The smallest absolute Gasteiger partial charge is 0.0683 e. The third-order valence-corrected chi connectivity index (χ3v) is 8.79. The highest BCUT2D eigenvalue weighted by molar-refractivity contribution is 5.86. The average molecular weight is 867 g/mol. The molecule has 8 aromatic rings. The number of hydrogen-bond donors (Lipinski definition) is 0. The van der Waals surface area contributed by atoms with Crippen molar-refractivity contribution in [2.75, 3.05) is 0 Å². The molecular weight excluding hydrogens is 781 g/mol. The predicted octanol–water partition coefficient (Wildman–Crippen LogP) is 20.3. The van der Waals surface area contributed by atoms with E-state index in [2.05, 4.69) is 184 Å². The normalized spacial score (nSPS) is 9.63. The van der Waals surface area contributed by atoms with E-state index in [-0.39, 0.29) is 5.41 Å². The maximum absolute atomic E-state index is 2.29. The second kappa shape index (κ2) is 43.0. The molecule has 0 atom stereocenters. The molecule has 0 spiro atoms. The lowest BCUT2D eigenvalue weighted by atomic mass is 9.68. The molecule has 0 aromatic heterocycles. The van der Waals surface area contributed by atoms with Crippen LogP contribution in [0, 0.1) is 0 Å². The number of rotatable bonds is 4. The van der Waals surface area contributed by atoms with Gasteiger partial charge in [-0.25, -0.2) is 0 Å². The van der Waals surface area contributed by atoms with Crippen molar-refractivity contribution in [1.82, 2.24) is 0 Å². The Labute approximate surface area is 400 Å². The molecule has 0 saturated carbocycles. The Balaban J connectivity index is 0. The maximum atomic E-state index is 2.29. The summed E-state index contributed by atoms with van der Waals surface area (Å²) in [7, 11) is 0. The van der Waals surface area contributed by atoms with Gasteiger partial charge < -0.3 is 0 Å². The Hall–Kier alpha value is -6.24. The average Bonchev–Trinajstić information content (AvgIpc) is 3.74. The summed E-state index contributed by atoms with van der Waals surface area (Å²) in [4.78, 5) is 0. The second-order valence-corrected chi connectivity index (χ2v) is 12.7. The van der Waals surface area contributed by atoms with Crippen molar-refractivity contribution in [3.63, 3.8) is 0 Å². The van der Waals surface area contributed by atoms with Gasteiger partial charge in [-0.05, 0) is 50.9 Å². The molecule has 0 aliphatic heterocycles. The summed E-state index contributed by atoms with van der Waals surface area (Å²) >= 11 is 0. The zero-order valence-corrected chi connectivity index (χ0v) is 43.0. The van der Waals surface area contributed by atoms with Crippen LogP contribution in [0.25, 0.3) is 11.1 Å². The van der Waals surface area contributed by atoms with Crippen LogP contribution in [0.1, 0.15) is 137 Å². The summed E-state index contributed by atoms with van der Waals surface area (Å²) in [6.45, 7) is 28.2. The van der Waals surface area contributed by atoms with Gasteiger partial charge in [0.1, 0.15) is 0 Å². The molecule has 0 heterocycles. The van der Waals surface area contributed by atoms with E-state index in [9.17, 15) is 0 Å². The number of benzene rings is 8. The van der Waals surface area contributed by atoms with E-state index in [4.69, 9.17) is 0 Å². The molecule has 0 nitrogen and oxygen atoms in total. The predicted molar refractivity (Wildman–Crippen MR) is 296 cm³/mol. The first-order valence-corrected chi connectivity index (χ1v) is 24.7. The van der Waals surface area contributed by atoms with E-state index in [1.165, 1.54) is 50.9 Å². The number of fused-ring (bicyclic) bond motifs is 3. The van der Waals surface area contributed by atoms with Crippen LogP contribution in [0.3, 0.4) is 0 Å². The van der Waals surface area contributed by atoms with Crippen LogP contribution in [0.5, 0.6) is 0 Å². The molecule has 0 radical (unpaired) electrons. The van der Waals surface area contributed by atoms with E-state index in [1.807, 2.05) is 156 Å². The van der Waals surface area contributed by atoms with Gasteiger partial charge in [0.05, 0.1) is 5.41 Å². The first-order valence-electron chi connectivity index (χ1n) is 24.7. The van der Waals surface area contributed by atoms with Crippen LogP contribution in [-0.4, -0.2) is 0 Å². The molecule has 65 heavy (non-hydrogen) atoms. The van der Waals surface area contributed by atoms with Crippen molar-refractivity contribution in [1.29, 1.82) is 0 Å². The van der Waals surface area contributed by atoms with E-state index < -0.39 is 0 Å². The van der Waals surface area contributed by atoms with Crippen LogP contribution < -0.4 is 0 Å². The second-order valence-electron chi connectivity index (χ2n) is 12.7. The Morgan fingerprint density at radius 1 is 0.246 bits per heavy atom. The van der Waals surface area contributed by atoms with Gasteiger partial charge in [0, 0.05) is 0 Å². The summed E-state index contributed by atoms with van der Waals surface area (Å²) in [6.07, 6.45) is 2.28. The van der Waals surface area contributed by atoms with Crippen LogP contribution in [0.2, 0.25) is 0 Å². The zero-order chi connectivity index (χ0) is 48.8. The van der Waals surface area contributed by atoms with Gasteiger partial charge in [-0.1, -0.05) is 346 Å². The third kappa shape index (κ3) is 21.3. The summed E-state index contributed by atoms with van der Waals surface area (Å²) in [5, 5.41) is 0. The summed E-state index contributed by atoms with van der Waals surface area (Å²) < 4.78 is 0. The fraction of sp³-hybridized carbons (Fsp3) is 0.262. The standard InChI is InChI=1S/C25H18.C13H12.2C6H6.C3H8.6C2H6/c1-3-11-19(12-4-1)25(20-13-5-2-6-14-20)23-17-9-7-15-21(23)22-16-8-10-18-24(22)25;1-3-7-12(8-4-1)11-13-9-5-2-6-10-13;2*1-2-4-6-5-3-1;1-3-2;6*1-2/h1-18H;1-10H,11H2;2*1-6H;3H2,1-2H3;6*1-2H3. The van der Waals surface area contributed by atoms with Crippen molar-refractivity contribution in [2.45, 2.75) is 115 Å². The van der Waals surface area contributed by atoms with Gasteiger partial charge in [-0.2, -0.15) is 0 Å². The zero-order valence-electron chi connectivity index (χ0n) is 43.0. The molecule has 0 heteroatoms. The Morgan fingerprint density at radius 2 is 0.431 bits per heavy atom. The topological polar surface area (TPSA) is 0 Å². The Kier molecular flexibility index (Phi) is 40.3. The van der Waals surface area contributed by atoms with Crippen LogP contribution in [-0.2, 0) is 11.8 Å². The van der Waals surface area contributed by atoms with Gasteiger partial charge in [0.25, 0.3) is 0 Å². The minimum absolute atomic E-state index is 0.254. The first-order chi connectivity index (χ1) is 32.3. The number of hydrogen-bond acceptors (Lipinski definition) is 0. The highest BCUT2D eigenvalue weighted by Gasteiger charge is 2.45. The SMILES string of the molecule is CC.CC.CC.CC.CC.CC.CCC.c1ccc(C2(c3ccccc3)c3ccccc3-c3ccccc32)cc1.c1ccc(Cc2ccccc2)cc1.c1ccccc1.c1ccccc1. The van der Waals surface area contributed by atoms with Crippen molar-refractivity contribution in [2.24, 2.45) is 0 Å². The Morgan fingerprint density at radius 3 is 0.677 bits per heavy atom. The first kappa shape index (κ1) is 60.8. The van der Waals surface area contributed by atoms with Gasteiger partial charge in [-0.3, -0.25) is 0 Å². The largest absolute Gasteiger partial charge is 0.0713 e. The van der Waals surface area contributed by atoms with Crippen molar-refractivity contribution >= 4 is 0 Å². The molecular formula is C65H86. The molecule has 1 aliphatic rings. The summed E-state index contributed by atoms with van der Waals surface area (Å²) in [5.41, 5.74) is 10.5. The highest BCUT2D eigenvalue weighted by Crippen LogP contribution is 2.55. The lowest BCUT2D eigenvalue weighted by Gasteiger charge is -2.33. The van der Waals surface area contributed by atoms with Gasteiger partial charge in [0.15, 0.2) is 0 Å². The van der Waals surface area contributed by atoms with Crippen LogP contribution in [0.4, 0.5) is 0 Å². The monoisotopic (exact) mass is 867 g/mol. The fourth-order valence-electron chi connectivity index (χ4n) is 6.60. The van der Waals surface area contributed by atoms with E-state index in [1.54, 1.807) is 0 Å². The molecule has 9 rings (SSSR count). The van der Waals surface area contributed by atoms with Crippen LogP contribution >= 0.6 is 0 Å². The molecule has 0 unspecified atom stereocenters. The van der Waals surface area contributed by atoms with Crippen molar-refractivity contribution in [3.8, 4) is 11.1 Å². The Bertz CT molecular complexity index is 1900. The summed E-state index contributed by atoms with van der Waals surface area (Å²) in [6, 6.07) is 84.5. The van der Waals surface area contributed by atoms with Gasteiger partial charge in [-0.15, -0.1) is 0 Å². The lowest BCUT2D eigenvalue weighted by molar-refractivity contribution is 0.768. The molecule has 0 fully saturated rings. The van der Waals surface area contributed by atoms with Gasteiger partial charge in [0.2, 0.25) is 0 Å². The minimum Gasteiger partial charge on any atom is -0.0683 e. The molecule has 8 aromatic carbocycles. The summed E-state index contributed by atoms with van der Waals surface area (Å²) in [5.74, 6) is 0. The fourth-order valence-corrected chi connectivity index (χ4v) is 6.60. The molecule has 0 saturated heterocycles. The van der Waals surface area contributed by atoms with Gasteiger partial charge >= 0.3 is 0 Å². The molecule has 0 bridgehead atoms. The van der Waals surface area contributed by atoms with Crippen molar-refractivity contribution < 1.29 is 0 Å². The molecule has 0 N–H and O–H groups in total.